The maximum absolute atomic E-state index is 2.99. The van der Waals surface area contributed by atoms with Gasteiger partial charge in [-0.2, -0.15) is 6.08 Å². The first kappa shape index (κ1) is 35.2. The summed E-state index contributed by atoms with van der Waals surface area (Å²) in [6.07, 6.45) is 10.0. The van der Waals surface area contributed by atoms with Crippen LogP contribution in [-0.2, 0) is 21.7 Å². The summed E-state index contributed by atoms with van der Waals surface area (Å²) in [5.74, 6) is 1.28. The van der Waals surface area contributed by atoms with Crippen molar-refractivity contribution in [1.82, 2.24) is 0 Å². The minimum atomic E-state index is 0. The summed E-state index contributed by atoms with van der Waals surface area (Å²) in [6, 6.07) is 31.6. The Morgan fingerprint density at radius 2 is 0.867 bits per heavy atom. The number of hydrogen-bond donors (Lipinski definition) is 0. The van der Waals surface area contributed by atoms with Gasteiger partial charge in [0, 0.05) is 21.7 Å². The molecule has 162 valence electrons. The minimum Gasteiger partial charge on any atom is -0.358 e. The van der Waals surface area contributed by atoms with Crippen molar-refractivity contribution in [3.05, 3.63) is 175 Å². The van der Waals surface area contributed by atoms with E-state index < -0.39 is 0 Å². The molecule has 0 radical (unpaired) electrons. The molecule has 0 heterocycles. The Kier molecular flexibility index (Phi) is 23.5. The Morgan fingerprint density at radius 1 is 0.533 bits per heavy atom. The van der Waals surface area contributed by atoms with E-state index >= 15 is 0 Å². The van der Waals surface area contributed by atoms with E-state index in [0.717, 1.165) is 6.42 Å². The van der Waals surface area contributed by atoms with Crippen LogP contribution in [0.15, 0.2) is 109 Å². The first-order valence-corrected chi connectivity index (χ1v) is 8.20. The van der Waals surface area contributed by atoms with Gasteiger partial charge in [-0.3, -0.25) is 6.08 Å². The van der Waals surface area contributed by atoms with Crippen molar-refractivity contribution in [3.8, 4) is 0 Å². The number of benzene rings is 3. The van der Waals surface area contributed by atoms with E-state index in [2.05, 4.69) is 103 Å². The van der Waals surface area contributed by atoms with Crippen molar-refractivity contribution in [1.29, 1.82) is 0 Å². The molecule has 0 unspecified atom stereocenters. The first-order chi connectivity index (χ1) is 11.9. The van der Waals surface area contributed by atoms with Crippen molar-refractivity contribution in [2.75, 3.05) is 0 Å². The van der Waals surface area contributed by atoms with Crippen LogP contribution in [-0.4, -0.2) is 0 Å². The van der Waals surface area contributed by atoms with Crippen LogP contribution in [0.4, 0.5) is 0 Å². The minimum absolute atomic E-state index is 0. The predicted octanol–water partition coefficient (Wildman–Crippen LogP) is 8.26. The van der Waals surface area contributed by atoms with Crippen LogP contribution in [0, 0.1) is 49.1 Å². The normalized spacial score (nSPS) is 9.33. The summed E-state index contributed by atoms with van der Waals surface area (Å²) in [6.45, 7) is 0. The SMILES string of the molecule is [C-]1=CC=CC1.[CH3-].[CH3-].[CH3-].[CH3-].[CH3-].[Ti].c1ccc([C-](c2ccccc2)c2ccccc2)cc1. The van der Waals surface area contributed by atoms with Gasteiger partial charge in [0.25, 0.3) is 0 Å². The number of allylic oxidation sites excluding steroid dienone is 4. The van der Waals surface area contributed by atoms with Gasteiger partial charge >= 0.3 is 0 Å². The molecule has 1 aliphatic rings. The van der Waals surface area contributed by atoms with Crippen LogP contribution in [0.2, 0.25) is 0 Å². The van der Waals surface area contributed by atoms with Gasteiger partial charge in [0.1, 0.15) is 0 Å². The van der Waals surface area contributed by atoms with Gasteiger partial charge in [-0.05, 0) is 0 Å². The fourth-order valence-electron chi connectivity index (χ4n) is 2.65. The Labute approximate surface area is 202 Å². The second-order valence-electron chi connectivity index (χ2n) is 5.48. The second-order valence-corrected chi connectivity index (χ2v) is 5.48. The third-order valence-corrected chi connectivity index (χ3v) is 3.77. The Hall–Kier alpha value is -2.28. The number of hydrogen-bond acceptors (Lipinski definition) is 0. The molecule has 0 nitrogen and oxygen atoms in total. The molecule has 0 aromatic heterocycles. The zero-order valence-corrected chi connectivity index (χ0v) is 20.7. The average molecular weight is 431 g/mol. The molecule has 1 heteroatoms. The Morgan fingerprint density at radius 3 is 1.07 bits per heavy atom. The zero-order valence-electron chi connectivity index (χ0n) is 19.1. The van der Waals surface area contributed by atoms with Crippen molar-refractivity contribution in [2.24, 2.45) is 0 Å². The van der Waals surface area contributed by atoms with Crippen LogP contribution in [0.3, 0.4) is 0 Å². The van der Waals surface area contributed by atoms with E-state index in [1.807, 2.05) is 12.2 Å². The van der Waals surface area contributed by atoms with Crippen LogP contribution in [0.1, 0.15) is 23.1 Å². The van der Waals surface area contributed by atoms with Crippen molar-refractivity contribution in [2.45, 2.75) is 6.42 Å². The van der Waals surface area contributed by atoms with Gasteiger partial charge in [-0.1, -0.05) is 114 Å². The van der Waals surface area contributed by atoms with Crippen molar-refractivity contribution >= 4 is 0 Å². The maximum atomic E-state index is 2.99. The summed E-state index contributed by atoms with van der Waals surface area (Å²) in [5, 5.41) is 0. The molecule has 0 amide bonds. The summed E-state index contributed by atoms with van der Waals surface area (Å²) in [5.41, 5.74) is 3.75. The van der Waals surface area contributed by atoms with Crippen molar-refractivity contribution in [3.63, 3.8) is 0 Å². The van der Waals surface area contributed by atoms with E-state index in [1.165, 1.54) is 22.6 Å². The first-order valence-electron chi connectivity index (χ1n) is 8.20. The Balaban J connectivity index is -0.000000274. The van der Waals surface area contributed by atoms with Crippen LogP contribution in [0.5, 0.6) is 0 Å². The van der Waals surface area contributed by atoms with Gasteiger partial charge in [0.2, 0.25) is 0 Å². The molecule has 0 saturated heterocycles. The predicted molar refractivity (Wildman–Crippen MR) is 134 cm³/mol. The molecule has 4 rings (SSSR count). The third-order valence-electron chi connectivity index (χ3n) is 3.77. The fourth-order valence-corrected chi connectivity index (χ4v) is 2.65. The molecule has 3 aromatic rings. The summed E-state index contributed by atoms with van der Waals surface area (Å²) in [7, 11) is 0. The van der Waals surface area contributed by atoms with Crippen LogP contribution in [0.25, 0.3) is 0 Å². The van der Waals surface area contributed by atoms with Crippen LogP contribution < -0.4 is 0 Å². The topological polar surface area (TPSA) is 0 Å². The molecule has 0 N–H and O–H groups in total. The van der Waals surface area contributed by atoms with Gasteiger partial charge < -0.3 is 37.1 Å². The molecule has 1 aliphatic carbocycles. The van der Waals surface area contributed by atoms with Crippen LogP contribution >= 0.6 is 0 Å². The van der Waals surface area contributed by atoms with E-state index in [9.17, 15) is 0 Å². The summed E-state index contributed by atoms with van der Waals surface area (Å²) >= 11 is 0. The zero-order chi connectivity index (χ0) is 16.5. The maximum Gasteiger partial charge on any atom is 0 e. The summed E-state index contributed by atoms with van der Waals surface area (Å²) < 4.78 is 0. The molecule has 0 spiro atoms. The molecule has 3 aromatic carbocycles. The largest absolute Gasteiger partial charge is 0.358 e. The molecule has 30 heavy (non-hydrogen) atoms. The van der Waals surface area contributed by atoms with Gasteiger partial charge in [0.05, 0.1) is 0 Å². The molecule has 0 fully saturated rings. The molecular weight excluding hydrogens is 396 g/mol. The van der Waals surface area contributed by atoms with E-state index in [-0.39, 0.29) is 58.9 Å². The fraction of sp³-hybridized carbons (Fsp3) is 0.0345. The van der Waals surface area contributed by atoms with E-state index in [4.69, 9.17) is 0 Å². The number of rotatable bonds is 3. The monoisotopic (exact) mass is 431 g/mol. The van der Waals surface area contributed by atoms with Gasteiger partial charge in [-0.25, -0.2) is 12.2 Å². The molecular formula is C29H35Ti-7. The Bertz CT molecular complexity index is 670. The molecule has 0 aliphatic heterocycles. The van der Waals surface area contributed by atoms with E-state index in [1.54, 1.807) is 0 Å². The molecule has 0 saturated carbocycles. The quantitative estimate of drug-likeness (QED) is 0.222. The second kappa shape index (κ2) is 20.0. The van der Waals surface area contributed by atoms with Gasteiger partial charge in [0.15, 0.2) is 0 Å². The standard InChI is InChI=1S/C19H15.C5H5.5CH3.Ti/c1-4-10-16(11-5-1)19(17-12-6-2-7-13-17)18-14-8-3-9-15-18;1-2-4-5-3-1;;;;;;/h1-15H;1-3H,4H2;5*1H3;/q7*-1;. The molecule has 0 bridgehead atoms. The van der Waals surface area contributed by atoms with Gasteiger partial charge in [-0.15, -0.1) is 6.42 Å². The summed E-state index contributed by atoms with van der Waals surface area (Å²) in [4.78, 5) is 0. The average Bonchev–Trinajstić information content (AvgIpc) is 3.25. The van der Waals surface area contributed by atoms with Crippen molar-refractivity contribution < 1.29 is 21.7 Å². The smallest absolute Gasteiger partial charge is 0 e. The van der Waals surface area contributed by atoms with E-state index in [0.29, 0.717) is 0 Å². The third kappa shape index (κ3) is 10.5. The molecule has 0 atom stereocenters.